The molecule has 25 heavy (non-hydrogen) atoms. The predicted octanol–water partition coefficient (Wildman–Crippen LogP) is 2.06. The van der Waals surface area contributed by atoms with Gasteiger partial charge in [-0.15, -0.1) is 0 Å². The first-order chi connectivity index (χ1) is 12.2. The van der Waals surface area contributed by atoms with Crippen molar-refractivity contribution in [2.24, 2.45) is 5.92 Å². The molecular weight excluding hydrogens is 322 g/mol. The molecule has 0 aromatic carbocycles. The van der Waals surface area contributed by atoms with Crippen LogP contribution in [0.5, 0.6) is 0 Å². The molecule has 0 spiro atoms. The number of hydrogen-bond donors (Lipinski definition) is 1. The van der Waals surface area contributed by atoms with Gasteiger partial charge in [0.05, 0.1) is 12.9 Å². The molecule has 0 saturated carbocycles. The molecule has 7 heteroatoms. The minimum Gasteiger partial charge on any atom is -0.479 e. The summed E-state index contributed by atoms with van der Waals surface area (Å²) in [6.45, 7) is 4.19. The van der Waals surface area contributed by atoms with Gasteiger partial charge in [-0.25, -0.2) is 4.79 Å². The first kappa shape index (κ1) is 16.4. The second-order valence-electron chi connectivity index (χ2n) is 6.99. The van der Waals surface area contributed by atoms with Gasteiger partial charge in [0.1, 0.15) is 5.69 Å². The molecule has 7 nitrogen and oxygen atoms in total. The Hall–Kier alpha value is -2.12. The fourth-order valence-electron chi connectivity index (χ4n) is 3.86. The Balaban J connectivity index is 1.49. The quantitative estimate of drug-likeness (QED) is 0.893. The molecule has 0 radical (unpaired) electrons. The normalized spacial score (nSPS) is 23.8. The van der Waals surface area contributed by atoms with E-state index in [4.69, 9.17) is 9.15 Å². The molecule has 0 amide bonds. The summed E-state index contributed by atoms with van der Waals surface area (Å²) in [7, 11) is 0. The van der Waals surface area contributed by atoms with Gasteiger partial charge >= 0.3 is 5.97 Å². The number of piperidine rings is 1. The summed E-state index contributed by atoms with van der Waals surface area (Å²) in [5.74, 6) is 0.413. The lowest BCUT2D eigenvalue weighted by molar-refractivity contribution is -0.151. The molecule has 4 rings (SSSR count). The fraction of sp³-hybridized carbons (Fsp3) is 0.556. The molecule has 2 aromatic heterocycles. The zero-order chi connectivity index (χ0) is 17.3. The van der Waals surface area contributed by atoms with Crippen molar-refractivity contribution < 1.29 is 19.1 Å². The SMILES string of the molecule is O=C(O)C1(n2ccc(-c3ccco3)n2)CCN(C[C@H]2CCOC2)CC1. The maximum atomic E-state index is 12.1. The van der Waals surface area contributed by atoms with E-state index in [0.717, 1.165) is 39.3 Å². The molecule has 1 N–H and O–H groups in total. The predicted molar refractivity (Wildman–Crippen MR) is 90.1 cm³/mol. The van der Waals surface area contributed by atoms with E-state index in [1.54, 1.807) is 23.2 Å². The summed E-state index contributed by atoms with van der Waals surface area (Å²) in [5, 5.41) is 14.4. The number of aliphatic carboxylic acids is 1. The van der Waals surface area contributed by atoms with E-state index in [1.807, 2.05) is 12.1 Å². The minimum atomic E-state index is -0.979. The Morgan fingerprint density at radius 2 is 2.20 bits per heavy atom. The Morgan fingerprint density at radius 1 is 1.36 bits per heavy atom. The Kier molecular flexibility index (Phi) is 4.35. The van der Waals surface area contributed by atoms with Crippen LogP contribution in [0, 0.1) is 5.92 Å². The molecule has 1 atom stereocenters. The smallest absolute Gasteiger partial charge is 0.331 e. The summed E-state index contributed by atoms with van der Waals surface area (Å²) in [6, 6.07) is 5.44. The summed E-state index contributed by atoms with van der Waals surface area (Å²) < 4.78 is 12.4. The molecule has 134 valence electrons. The van der Waals surface area contributed by atoms with Crippen molar-refractivity contribution in [1.82, 2.24) is 14.7 Å². The molecule has 4 heterocycles. The topological polar surface area (TPSA) is 80.7 Å². The second-order valence-corrected chi connectivity index (χ2v) is 6.99. The average Bonchev–Trinajstić information content (AvgIpc) is 3.37. The number of rotatable bonds is 5. The number of ether oxygens (including phenoxy) is 1. The van der Waals surface area contributed by atoms with Crippen LogP contribution < -0.4 is 0 Å². The van der Waals surface area contributed by atoms with Gasteiger partial charge in [-0.3, -0.25) is 4.68 Å². The zero-order valence-corrected chi connectivity index (χ0v) is 14.1. The number of nitrogens with zero attached hydrogens (tertiary/aromatic N) is 3. The monoisotopic (exact) mass is 345 g/mol. The molecular formula is C18H23N3O4. The fourth-order valence-corrected chi connectivity index (χ4v) is 3.86. The molecule has 0 unspecified atom stereocenters. The number of carboxylic acid groups (broad SMARTS) is 1. The summed E-state index contributed by atoms with van der Waals surface area (Å²) in [4.78, 5) is 14.5. The Labute approximate surface area is 146 Å². The number of hydrogen-bond acceptors (Lipinski definition) is 5. The van der Waals surface area contributed by atoms with Crippen molar-refractivity contribution in [1.29, 1.82) is 0 Å². The van der Waals surface area contributed by atoms with E-state index in [9.17, 15) is 9.90 Å². The molecule has 2 aliphatic rings. The van der Waals surface area contributed by atoms with E-state index in [0.29, 0.717) is 30.2 Å². The number of furan rings is 1. The van der Waals surface area contributed by atoms with Crippen LogP contribution in [0.25, 0.3) is 11.5 Å². The van der Waals surface area contributed by atoms with Crippen LogP contribution in [-0.2, 0) is 15.1 Å². The van der Waals surface area contributed by atoms with Crippen LogP contribution in [0.3, 0.4) is 0 Å². The third-order valence-corrected chi connectivity index (χ3v) is 5.42. The minimum absolute atomic E-state index is 0.551. The van der Waals surface area contributed by atoms with Gasteiger partial charge in [-0.05, 0) is 43.4 Å². The van der Waals surface area contributed by atoms with E-state index in [2.05, 4.69) is 10.00 Å². The lowest BCUT2D eigenvalue weighted by Crippen LogP contribution is -2.52. The number of aromatic nitrogens is 2. The highest BCUT2D eigenvalue weighted by atomic mass is 16.5. The van der Waals surface area contributed by atoms with Crippen molar-refractivity contribution >= 4 is 5.97 Å². The van der Waals surface area contributed by atoms with Gasteiger partial charge in [0.15, 0.2) is 11.3 Å². The summed E-state index contributed by atoms with van der Waals surface area (Å²) in [6.07, 6.45) is 5.55. The van der Waals surface area contributed by atoms with E-state index >= 15 is 0 Å². The van der Waals surface area contributed by atoms with Crippen molar-refractivity contribution in [2.45, 2.75) is 24.8 Å². The van der Waals surface area contributed by atoms with Crippen molar-refractivity contribution in [2.75, 3.05) is 32.8 Å². The summed E-state index contributed by atoms with van der Waals surface area (Å²) >= 11 is 0. The third kappa shape index (κ3) is 3.09. The first-order valence-corrected chi connectivity index (χ1v) is 8.81. The number of carbonyl (C=O) groups is 1. The van der Waals surface area contributed by atoms with Crippen molar-refractivity contribution in [3.8, 4) is 11.5 Å². The lowest BCUT2D eigenvalue weighted by atomic mass is 9.87. The van der Waals surface area contributed by atoms with E-state index < -0.39 is 11.5 Å². The highest BCUT2D eigenvalue weighted by Crippen LogP contribution is 2.32. The molecule has 2 aliphatic heterocycles. The first-order valence-electron chi connectivity index (χ1n) is 8.81. The van der Waals surface area contributed by atoms with E-state index in [1.165, 1.54) is 0 Å². The Morgan fingerprint density at radius 3 is 2.84 bits per heavy atom. The third-order valence-electron chi connectivity index (χ3n) is 5.42. The molecule has 0 bridgehead atoms. The van der Waals surface area contributed by atoms with Gasteiger partial charge in [0, 0.05) is 32.4 Å². The second kappa shape index (κ2) is 6.65. The van der Waals surface area contributed by atoms with Gasteiger partial charge in [0.2, 0.25) is 0 Å². The average molecular weight is 345 g/mol. The van der Waals surface area contributed by atoms with E-state index in [-0.39, 0.29) is 0 Å². The number of carboxylic acids is 1. The molecule has 0 aliphatic carbocycles. The van der Waals surface area contributed by atoms with Gasteiger partial charge in [-0.1, -0.05) is 0 Å². The summed E-state index contributed by atoms with van der Waals surface area (Å²) in [5.41, 5.74) is -0.316. The van der Waals surface area contributed by atoms with Crippen LogP contribution in [0.4, 0.5) is 0 Å². The zero-order valence-electron chi connectivity index (χ0n) is 14.1. The maximum absolute atomic E-state index is 12.1. The van der Waals surface area contributed by atoms with Crippen LogP contribution in [0.15, 0.2) is 35.1 Å². The Bertz CT molecular complexity index is 711. The van der Waals surface area contributed by atoms with Crippen LogP contribution in [0.1, 0.15) is 19.3 Å². The van der Waals surface area contributed by atoms with Gasteiger partial charge < -0.3 is 19.2 Å². The van der Waals surface area contributed by atoms with Crippen molar-refractivity contribution in [3.05, 3.63) is 30.7 Å². The van der Waals surface area contributed by atoms with Crippen LogP contribution in [0.2, 0.25) is 0 Å². The largest absolute Gasteiger partial charge is 0.479 e. The lowest BCUT2D eigenvalue weighted by Gasteiger charge is -2.39. The maximum Gasteiger partial charge on any atom is 0.331 e. The van der Waals surface area contributed by atoms with Crippen LogP contribution in [-0.4, -0.2) is 58.6 Å². The highest BCUT2D eigenvalue weighted by molar-refractivity contribution is 5.77. The molecule has 2 fully saturated rings. The highest BCUT2D eigenvalue weighted by Gasteiger charge is 2.44. The van der Waals surface area contributed by atoms with Crippen LogP contribution >= 0.6 is 0 Å². The molecule has 2 saturated heterocycles. The van der Waals surface area contributed by atoms with Gasteiger partial charge in [-0.2, -0.15) is 5.10 Å². The number of likely N-dealkylation sites (tertiary alicyclic amines) is 1. The molecule has 2 aromatic rings. The van der Waals surface area contributed by atoms with Gasteiger partial charge in [0.25, 0.3) is 0 Å². The van der Waals surface area contributed by atoms with Crippen molar-refractivity contribution in [3.63, 3.8) is 0 Å². The standard InChI is InChI=1S/C18H23N3O4/c22-17(23)18(21-7-3-15(19-21)16-2-1-10-25-16)5-8-20(9-6-18)12-14-4-11-24-13-14/h1-3,7,10,14H,4-6,8-9,11-13H2,(H,22,23)/t14-/m1/s1.